The van der Waals surface area contributed by atoms with Gasteiger partial charge in [0.15, 0.2) is 0 Å². The van der Waals surface area contributed by atoms with E-state index in [0.29, 0.717) is 22.6 Å². The lowest BCUT2D eigenvalue weighted by atomic mass is 10.2. The maximum Gasteiger partial charge on any atom is 0.272 e. The molecule has 2 rings (SSSR count). The molecular formula is C16H17N3O4. The summed E-state index contributed by atoms with van der Waals surface area (Å²) in [5.74, 6) is 0.834. The third-order valence-electron chi connectivity index (χ3n) is 3.15. The van der Waals surface area contributed by atoms with E-state index in [4.69, 9.17) is 9.47 Å². The Balaban J connectivity index is 2.13. The number of ether oxygens (including phenoxy) is 2. The minimum absolute atomic E-state index is 0.189. The molecule has 0 unspecified atom stereocenters. The van der Waals surface area contributed by atoms with Crippen molar-refractivity contribution in [2.24, 2.45) is 12.1 Å². The third-order valence-corrected chi connectivity index (χ3v) is 3.15. The number of rotatable bonds is 5. The first-order valence-electron chi connectivity index (χ1n) is 6.77. The maximum atomic E-state index is 12.0. The van der Waals surface area contributed by atoms with Gasteiger partial charge in [-0.25, -0.2) is 5.43 Å². The van der Waals surface area contributed by atoms with E-state index in [0.717, 1.165) is 0 Å². The van der Waals surface area contributed by atoms with Crippen molar-refractivity contribution in [2.75, 3.05) is 14.2 Å². The van der Waals surface area contributed by atoms with Gasteiger partial charge in [0.25, 0.3) is 5.91 Å². The van der Waals surface area contributed by atoms with Crippen molar-refractivity contribution < 1.29 is 14.3 Å². The zero-order valence-electron chi connectivity index (χ0n) is 13.1. The fourth-order valence-electron chi connectivity index (χ4n) is 1.89. The van der Waals surface area contributed by atoms with E-state index in [-0.39, 0.29) is 5.56 Å². The van der Waals surface area contributed by atoms with Crippen LogP contribution in [0.25, 0.3) is 0 Å². The summed E-state index contributed by atoms with van der Waals surface area (Å²) in [6.07, 6.45) is 2.90. The Morgan fingerprint density at radius 1 is 1.22 bits per heavy atom. The number of pyridine rings is 1. The molecule has 1 aromatic heterocycles. The first-order chi connectivity index (χ1) is 11.0. The lowest BCUT2D eigenvalue weighted by Gasteiger charge is -2.07. The quantitative estimate of drug-likeness (QED) is 0.663. The molecule has 1 amide bonds. The number of carbonyl (C=O) groups excluding carboxylic acids is 1. The van der Waals surface area contributed by atoms with Crippen molar-refractivity contribution >= 4 is 12.1 Å². The number of methoxy groups -OCH3 is 2. The SMILES string of the molecule is COc1ccc(OC)c(C=NNC(=O)c2ccc(=O)n(C)c2)c1. The highest BCUT2D eigenvalue weighted by Gasteiger charge is 2.06. The van der Waals surface area contributed by atoms with Crippen LogP contribution in [0.3, 0.4) is 0 Å². The molecule has 120 valence electrons. The van der Waals surface area contributed by atoms with Crippen molar-refractivity contribution in [3.05, 3.63) is 58.0 Å². The smallest absolute Gasteiger partial charge is 0.272 e. The summed E-state index contributed by atoms with van der Waals surface area (Å²) in [6, 6.07) is 8.01. The highest BCUT2D eigenvalue weighted by molar-refractivity contribution is 5.94. The second kappa shape index (κ2) is 7.26. The number of hydrogen-bond acceptors (Lipinski definition) is 5. The lowest BCUT2D eigenvalue weighted by Crippen LogP contribution is -2.22. The molecule has 1 N–H and O–H groups in total. The molecule has 0 atom stereocenters. The van der Waals surface area contributed by atoms with Crippen LogP contribution in [0.2, 0.25) is 0 Å². The van der Waals surface area contributed by atoms with Gasteiger partial charge in [-0.2, -0.15) is 5.10 Å². The molecule has 2 aromatic rings. The molecule has 1 aromatic carbocycles. The van der Waals surface area contributed by atoms with Gasteiger partial charge in [-0.3, -0.25) is 9.59 Å². The minimum atomic E-state index is -0.418. The molecule has 0 aliphatic heterocycles. The Kier molecular flexibility index (Phi) is 5.14. The average Bonchev–Trinajstić information content (AvgIpc) is 2.57. The van der Waals surface area contributed by atoms with Gasteiger partial charge in [0.1, 0.15) is 11.5 Å². The highest BCUT2D eigenvalue weighted by Crippen LogP contribution is 2.22. The van der Waals surface area contributed by atoms with E-state index in [1.165, 1.54) is 29.1 Å². The van der Waals surface area contributed by atoms with E-state index in [1.54, 1.807) is 39.5 Å². The van der Waals surface area contributed by atoms with Gasteiger partial charge in [0, 0.05) is 24.9 Å². The zero-order valence-corrected chi connectivity index (χ0v) is 13.1. The first kappa shape index (κ1) is 16.3. The van der Waals surface area contributed by atoms with E-state index in [2.05, 4.69) is 10.5 Å². The van der Waals surface area contributed by atoms with Crippen LogP contribution in [0.4, 0.5) is 0 Å². The van der Waals surface area contributed by atoms with E-state index in [1.807, 2.05) is 0 Å². The van der Waals surface area contributed by atoms with Gasteiger partial charge in [-0.1, -0.05) is 0 Å². The monoisotopic (exact) mass is 315 g/mol. The number of hydrazone groups is 1. The van der Waals surface area contributed by atoms with Gasteiger partial charge in [-0.05, 0) is 24.3 Å². The van der Waals surface area contributed by atoms with Crippen LogP contribution in [0.1, 0.15) is 15.9 Å². The number of nitrogens with one attached hydrogen (secondary N) is 1. The topological polar surface area (TPSA) is 81.9 Å². The van der Waals surface area contributed by atoms with Crippen molar-refractivity contribution in [1.82, 2.24) is 9.99 Å². The molecule has 0 aliphatic carbocycles. The molecule has 7 nitrogen and oxygen atoms in total. The molecule has 0 radical (unpaired) electrons. The minimum Gasteiger partial charge on any atom is -0.497 e. The standard InChI is InChI=1S/C16H17N3O4/c1-19-10-11(4-7-15(19)20)16(21)18-17-9-12-8-13(22-2)5-6-14(12)23-3/h4-10H,1-3H3,(H,18,21). The summed E-state index contributed by atoms with van der Waals surface area (Å²) in [5.41, 5.74) is 3.21. The van der Waals surface area contributed by atoms with Crippen LogP contribution >= 0.6 is 0 Å². The lowest BCUT2D eigenvalue weighted by molar-refractivity contribution is 0.0954. The summed E-state index contributed by atoms with van der Waals surface area (Å²) in [6.45, 7) is 0. The number of amides is 1. The molecule has 1 heterocycles. The maximum absolute atomic E-state index is 12.0. The Morgan fingerprint density at radius 2 is 2.00 bits per heavy atom. The van der Waals surface area contributed by atoms with Crippen LogP contribution in [0.5, 0.6) is 11.5 Å². The average molecular weight is 315 g/mol. The number of hydrogen-bond donors (Lipinski definition) is 1. The fraction of sp³-hybridized carbons (Fsp3) is 0.188. The summed E-state index contributed by atoms with van der Waals surface area (Å²) < 4.78 is 11.7. The van der Waals surface area contributed by atoms with Crippen LogP contribution in [-0.2, 0) is 7.05 Å². The third kappa shape index (κ3) is 3.97. The number of nitrogens with zero attached hydrogens (tertiary/aromatic N) is 2. The fourth-order valence-corrected chi connectivity index (χ4v) is 1.89. The molecular weight excluding hydrogens is 298 g/mol. The largest absolute Gasteiger partial charge is 0.497 e. The number of aryl methyl sites for hydroxylation is 1. The predicted octanol–water partition coefficient (Wildman–Crippen LogP) is 1.17. The Bertz CT molecular complexity index is 796. The summed E-state index contributed by atoms with van der Waals surface area (Å²) in [5, 5.41) is 3.91. The van der Waals surface area contributed by atoms with Gasteiger partial charge in [-0.15, -0.1) is 0 Å². The van der Waals surface area contributed by atoms with Crippen molar-refractivity contribution in [2.45, 2.75) is 0 Å². The van der Waals surface area contributed by atoms with Gasteiger partial charge >= 0.3 is 0 Å². The summed E-state index contributed by atoms with van der Waals surface area (Å²) >= 11 is 0. The van der Waals surface area contributed by atoms with Crippen LogP contribution < -0.4 is 20.5 Å². The molecule has 7 heteroatoms. The van der Waals surface area contributed by atoms with Crippen LogP contribution in [0, 0.1) is 0 Å². The summed E-state index contributed by atoms with van der Waals surface area (Å²) in [4.78, 5) is 23.3. The number of carbonyl (C=O) groups is 1. The molecule has 23 heavy (non-hydrogen) atoms. The van der Waals surface area contributed by atoms with Gasteiger partial charge < -0.3 is 14.0 Å². The Morgan fingerprint density at radius 3 is 2.65 bits per heavy atom. The summed E-state index contributed by atoms with van der Waals surface area (Å²) in [7, 11) is 4.68. The second-order valence-electron chi connectivity index (χ2n) is 4.67. The van der Waals surface area contributed by atoms with Crippen molar-refractivity contribution in [3.63, 3.8) is 0 Å². The Hall–Kier alpha value is -3.09. The molecule has 0 spiro atoms. The Labute approximate surface area is 133 Å². The van der Waals surface area contributed by atoms with Crippen molar-refractivity contribution in [3.8, 4) is 11.5 Å². The van der Waals surface area contributed by atoms with Crippen molar-refractivity contribution in [1.29, 1.82) is 0 Å². The van der Waals surface area contributed by atoms with Gasteiger partial charge in [0.2, 0.25) is 5.56 Å². The first-order valence-corrected chi connectivity index (χ1v) is 6.77. The molecule has 0 saturated carbocycles. The van der Waals surface area contributed by atoms with Crippen LogP contribution in [-0.4, -0.2) is 30.9 Å². The molecule has 0 aliphatic rings. The van der Waals surface area contributed by atoms with E-state index in [9.17, 15) is 9.59 Å². The molecule has 0 fully saturated rings. The van der Waals surface area contributed by atoms with Crippen LogP contribution in [0.15, 0.2) is 46.4 Å². The highest BCUT2D eigenvalue weighted by atomic mass is 16.5. The number of aromatic nitrogens is 1. The number of benzene rings is 1. The molecule has 0 saturated heterocycles. The van der Waals surface area contributed by atoms with E-state index < -0.39 is 5.91 Å². The van der Waals surface area contributed by atoms with Gasteiger partial charge in [0.05, 0.1) is 26.0 Å². The normalized spacial score (nSPS) is 10.6. The van der Waals surface area contributed by atoms with E-state index >= 15 is 0 Å². The predicted molar refractivity (Wildman–Crippen MR) is 86.3 cm³/mol. The molecule has 0 bridgehead atoms. The second-order valence-corrected chi connectivity index (χ2v) is 4.67. The zero-order chi connectivity index (χ0) is 16.8.